The summed E-state index contributed by atoms with van der Waals surface area (Å²) in [6.07, 6.45) is 0.604. The Morgan fingerprint density at radius 2 is 1.86 bits per heavy atom. The van der Waals surface area contributed by atoms with Crippen LogP contribution in [0, 0.1) is 5.82 Å². The maximum atomic E-state index is 13.8. The summed E-state index contributed by atoms with van der Waals surface area (Å²) >= 11 is 0. The monoisotopic (exact) mass is 303 g/mol. The molecule has 0 heterocycles. The summed E-state index contributed by atoms with van der Waals surface area (Å²) in [4.78, 5) is 0. The van der Waals surface area contributed by atoms with Crippen molar-refractivity contribution in [3.8, 4) is 5.75 Å². The van der Waals surface area contributed by atoms with Crippen molar-refractivity contribution in [1.82, 2.24) is 5.32 Å². The van der Waals surface area contributed by atoms with Crippen molar-refractivity contribution in [2.45, 2.75) is 25.4 Å². The lowest BCUT2D eigenvalue weighted by Crippen LogP contribution is -2.25. The Morgan fingerprint density at radius 1 is 1.14 bits per heavy atom. The number of rotatable bonds is 7. The van der Waals surface area contributed by atoms with Crippen molar-refractivity contribution >= 4 is 0 Å². The first-order valence-corrected chi connectivity index (χ1v) is 7.41. The van der Waals surface area contributed by atoms with Crippen LogP contribution in [0.1, 0.15) is 36.6 Å². The lowest BCUT2D eigenvalue weighted by Gasteiger charge is -2.24. The predicted molar refractivity (Wildman–Crippen MR) is 85.4 cm³/mol. The minimum absolute atomic E-state index is 0.0198. The molecule has 118 valence electrons. The fourth-order valence-corrected chi connectivity index (χ4v) is 2.51. The molecule has 2 atom stereocenters. The van der Waals surface area contributed by atoms with E-state index in [0.29, 0.717) is 6.42 Å². The zero-order valence-corrected chi connectivity index (χ0v) is 12.9. The molecule has 0 saturated heterocycles. The zero-order chi connectivity index (χ0) is 15.9. The van der Waals surface area contributed by atoms with Gasteiger partial charge in [0.25, 0.3) is 0 Å². The molecule has 0 aliphatic heterocycles. The van der Waals surface area contributed by atoms with Crippen molar-refractivity contribution < 1.29 is 14.2 Å². The van der Waals surface area contributed by atoms with Gasteiger partial charge in [-0.15, -0.1) is 0 Å². The van der Waals surface area contributed by atoms with Crippen LogP contribution >= 0.6 is 0 Å². The first-order valence-electron chi connectivity index (χ1n) is 7.41. The van der Waals surface area contributed by atoms with Crippen LogP contribution in [-0.4, -0.2) is 18.8 Å². The Kier molecular flexibility index (Phi) is 5.92. The van der Waals surface area contributed by atoms with Gasteiger partial charge in [0.1, 0.15) is 0 Å². The Labute approximate surface area is 130 Å². The summed E-state index contributed by atoms with van der Waals surface area (Å²) < 4.78 is 18.8. The summed E-state index contributed by atoms with van der Waals surface area (Å²) in [5.41, 5.74) is 1.95. The zero-order valence-electron chi connectivity index (χ0n) is 12.9. The number of ether oxygens (including phenoxy) is 1. The first kappa shape index (κ1) is 16.5. The average molecular weight is 303 g/mol. The van der Waals surface area contributed by atoms with Gasteiger partial charge in [0.05, 0.1) is 7.11 Å². The van der Waals surface area contributed by atoms with Crippen molar-refractivity contribution in [1.29, 1.82) is 0 Å². The predicted octanol–water partition coefficient (Wildman–Crippen LogP) is 3.61. The van der Waals surface area contributed by atoms with Crippen LogP contribution in [0.4, 0.5) is 4.39 Å². The lowest BCUT2D eigenvalue weighted by atomic mass is 10.0. The molecular weight excluding hydrogens is 281 g/mol. The summed E-state index contributed by atoms with van der Waals surface area (Å²) in [7, 11) is 1.45. The molecule has 0 aliphatic carbocycles. The van der Waals surface area contributed by atoms with Crippen molar-refractivity contribution in [3.63, 3.8) is 0 Å². The van der Waals surface area contributed by atoms with Crippen LogP contribution in [0.3, 0.4) is 0 Å². The first-order chi connectivity index (χ1) is 10.7. The molecule has 0 saturated carbocycles. The van der Waals surface area contributed by atoms with Crippen LogP contribution in [0.2, 0.25) is 0 Å². The standard InChI is InChI=1S/C18H22FNO2/c1-13(15-8-9-18(22-2)16(19)12-15)20-17(10-11-21)14-6-4-3-5-7-14/h3-9,12-13,17,20-21H,10-11H2,1-2H3/t13?,17-/m1/s1. The molecule has 1 unspecified atom stereocenters. The summed E-state index contributed by atoms with van der Waals surface area (Å²) in [6.45, 7) is 2.07. The number of halogens is 1. The molecule has 0 aromatic heterocycles. The van der Waals surface area contributed by atoms with E-state index in [-0.39, 0.29) is 30.3 Å². The third kappa shape index (κ3) is 4.06. The molecule has 3 nitrogen and oxygen atoms in total. The fourth-order valence-electron chi connectivity index (χ4n) is 2.51. The van der Waals surface area contributed by atoms with E-state index in [1.165, 1.54) is 13.2 Å². The van der Waals surface area contributed by atoms with Gasteiger partial charge in [-0.25, -0.2) is 4.39 Å². The van der Waals surface area contributed by atoms with Gasteiger partial charge in [-0.3, -0.25) is 0 Å². The highest BCUT2D eigenvalue weighted by atomic mass is 19.1. The van der Waals surface area contributed by atoms with Gasteiger partial charge in [0, 0.05) is 18.7 Å². The van der Waals surface area contributed by atoms with Crippen LogP contribution in [0.25, 0.3) is 0 Å². The quantitative estimate of drug-likeness (QED) is 0.821. The second-order valence-electron chi connectivity index (χ2n) is 5.26. The second kappa shape index (κ2) is 7.92. The van der Waals surface area contributed by atoms with E-state index >= 15 is 0 Å². The molecular formula is C18H22FNO2. The normalized spacial score (nSPS) is 13.6. The Hall–Kier alpha value is -1.91. The van der Waals surface area contributed by atoms with Crippen LogP contribution < -0.4 is 10.1 Å². The van der Waals surface area contributed by atoms with Gasteiger partial charge in [0.2, 0.25) is 0 Å². The second-order valence-corrected chi connectivity index (χ2v) is 5.26. The number of aliphatic hydroxyl groups is 1. The van der Waals surface area contributed by atoms with Gasteiger partial charge >= 0.3 is 0 Å². The van der Waals surface area contributed by atoms with E-state index in [1.807, 2.05) is 43.3 Å². The van der Waals surface area contributed by atoms with E-state index < -0.39 is 0 Å². The molecule has 2 aromatic carbocycles. The third-order valence-electron chi connectivity index (χ3n) is 3.75. The van der Waals surface area contributed by atoms with E-state index in [0.717, 1.165) is 11.1 Å². The number of nitrogens with one attached hydrogen (secondary N) is 1. The minimum Gasteiger partial charge on any atom is -0.494 e. The van der Waals surface area contributed by atoms with Crippen molar-refractivity contribution in [2.24, 2.45) is 0 Å². The molecule has 0 fully saturated rings. The van der Waals surface area contributed by atoms with Crippen LogP contribution in [0.15, 0.2) is 48.5 Å². The van der Waals surface area contributed by atoms with Crippen LogP contribution in [0.5, 0.6) is 5.75 Å². The Balaban J connectivity index is 2.14. The minimum atomic E-state index is -0.368. The van der Waals surface area contributed by atoms with E-state index in [4.69, 9.17) is 4.74 Å². The number of aliphatic hydroxyl groups excluding tert-OH is 1. The van der Waals surface area contributed by atoms with Crippen LogP contribution in [-0.2, 0) is 0 Å². The lowest BCUT2D eigenvalue weighted by molar-refractivity contribution is 0.260. The third-order valence-corrected chi connectivity index (χ3v) is 3.75. The molecule has 0 radical (unpaired) electrons. The molecule has 0 amide bonds. The topological polar surface area (TPSA) is 41.5 Å². The maximum Gasteiger partial charge on any atom is 0.165 e. The number of benzene rings is 2. The highest BCUT2D eigenvalue weighted by Crippen LogP contribution is 2.25. The van der Waals surface area contributed by atoms with Crippen molar-refractivity contribution in [2.75, 3.05) is 13.7 Å². The number of hydrogen-bond acceptors (Lipinski definition) is 3. The molecule has 0 bridgehead atoms. The molecule has 2 N–H and O–H groups in total. The molecule has 2 rings (SSSR count). The van der Waals surface area contributed by atoms with Gasteiger partial charge in [0.15, 0.2) is 11.6 Å². The maximum absolute atomic E-state index is 13.8. The Morgan fingerprint density at radius 3 is 2.45 bits per heavy atom. The molecule has 22 heavy (non-hydrogen) atoms. The van der Waals surface area contributed by atoms with Gasteiger partial charge in [-0.05, 0) is 36.6 Å². The molecule has 0 aliphatic rings. The number of hydrogen-bond donors (Lipinski definition) is 2. The molecule has 4 heteroatoms. The molecule has 0 spiro atoms. The summed E-state index contributed by atoms with van der Waals surface area (Å²) in [5, 5.41) is 12.7. The average Bonchev–Trinajstić information content (AvgIpc) is 2.55. The molecule has 2 aromatic rings. The van der Waals surface area contributed by atoms with Crippen molar-refractivity contribution in [3.05, 3.63) is 65.5 Å². The highest BCUT2D eigenvalue weighted by Gasteiger charge is 2.16. The van der Waals surface area contributed by atoms with E-state index in [2.05, 4.69) is 5.32 Å². The smallest absolute Gasteiger partial charge is 0.165 e. The van der Waals surface area contributed by atoms with Gasteiger partial charge < -0.3 is 15.2 Å². The van der Waals surface area contributed by atoms with E-state index in [1.54, 1.807) is 6.07 Å². The fraction of sp³-hybridized carbons (Fsp3) is 0.333. The number of methoxy groups -OCH3 is 1. The SMILES string of the molecule is COc1ccc(C(C)N[C@H](CCO)c2ccccc2)cc1F. The summed E-state index contributed by atoms with van der Waals surface area (Å²) in [5.74, 6) is -0.127. The summed E-state index contributed by atoms with van der Waals surface area (Å²) in [6, 6.07) is 14.9. The highest BCUT2D eigenvalue weighted by molar-refractivity contribution is 5.31. The largest absolute Gasteiger partial charge is 0.494 e. The Bertz CT molecular complexity index is 589. The van der Waals surface area contributed by atoms with Gasteiger partial charge in [-0.2, -0.15) is 0 Å². The van der Waals surface area contributed by atoms with E-state index in [9.17, 15) is 9.50 Å². The van der Waals surface area contributed by atoms with Gasteiger partial charge in [-0.1, -0.05) is 36.4 Å².